The van der Waals surface area contributed by atoms with Crippen LogP contribution in [0, 0.1) is 11.3 Å². The Morgan fingerprint density at radius 1 is 1.23 bits per heavy atom. The number of hydrogen-bond acceptors (Lipinski definition) is 3. The molecule has 4 rings (SSSR count). The lowest BCUT2D eigenvalue weighted by Crippen LogP contribution is -2.08. The van der Waals surface area contributed by atoms with Crippen molar-refractivity contribution in [2.45, 2.75) is 6.18 Å². The first-order chi connectivity index (χ1) is 14.3. The number of alkyl halides is 3. The lowest BCUT2D eigenvalue weighted by molar-refractivity contribution is -0.137. The summed E-state index contributed by atoms with van der Waals surface area (Å²) < 4.78 is 42.0. The molecule has 0 spiro atoms. The SMILES string of the molecule is Cn1cc(-c2cnc3[nH]cc(/C=C(/C#N)c4cc(Cl)ccc4C(F)(F)F)c3c2)cn1. The van der Waals surface area contributed by atoms with Crippen LogP contribution in [-0.4, -0.2) is 19.7 Å². The van der Waals surface area contributed by atoms with Gasteiger partial charge in [-0.2, -0.15) is 23.5 Å². The first kappa shape index (κ1) is 19.7. The molecule has 150 valence electrons. The van der Waals surface area contributed by atoms with Gasteiger partial charge in [-0.25, -0.2) is 4.98 Å². The maximum atomic E-state index is 13.4. The molecule has 0 aliphatic rings. The van der Waals surface area contributed by atoms with E-state index in [-0.39, 0.29) is 16.2 Å². The molecule has 0 aliphatic carbocycles. The van der Waals surface area contributed by atoms with Crippen molar-refractivity contribution in [2.24, 2.45) is 7.05 Å². The molecule has 0 fully saturated rings. The molecule has 3 aromatic heterocycles. The van der Waals surface area contributed by atoms with E-state index in [0.717, 1.165) is 29.3 Å². The molecule has 5 nitrogen and oxygen atoms in total. The van der Waals surface area contributed by atoms with Crippen molar-refractivity contribution in [3.63, 3.8) is 0 Å². The molecule has 0 radical (unpaired) electrons. The number of benzene rings is 1. The van der Waals surface area contributed by atoms with Gasteiger partial charge in [0.25, 0.3) is 0 Å². The van der Waals surface area contributed by atoms with Gasteiger partial charge in [0.1, 0.15) is 5.65 Å². The van der Waals surface area contributed by atoms with Crippen LogP contribution < -0.4 is 0 Å². The number of aryl methyl sites for hydroxylation is 1. The van der Waals surface area contributed by atoms with E-state index in [9.17, 15) is 18.4 Å². The Hall–Kier alpha value is -3.57. The number of nitriles is 1. The van der Waals surface area contributed by atoms with Gasteiger partial charge in [0, 0.05) is 58.3 Å². The van der Waals surface area contributed by atoms with Crippen LogP contribution in [0.5, 0.6) is 0 Å². The number of rotatable bonds is 3. The molecule has 9 heteroatoms. The van der Waals surface area contributed by atoms with E-state index in [1.165, 1.54) is 6.08 Å². The molecular formula is C21H13ClF3N5. The van der Waals surface area contributed by atoms with Crippen LogP contribution in [-0.2, 0) is 13.2 Å². The van der Waals surface area contributed by atoms with Gasteiger partial charge in [-0.1, -0.05) is 11.6 Å². The zero-order valence-corrected chi connectivity index (χ0v) is 16.3. The van der Waals surface area contributed by atoms with Gasteiger partial charge in [0.15, 0.2) is 0 Å². The first-order valence-corrected chi connectivity index (χ1v) is 9.09. The number of aromatic nitrogens is 4. The zero-order chi connectivity index (χ0) is 21.5. The second-order valence-corrected chi connectivity index (χ2v) is 7.06. The minimum absolute atomic E-state index is 0.110. The van der Waals surface area contributed by atoms with Crippen molar-refractivity contribution in [3.05, 3.63) is 70.8 Å². The topological polar surface area (TPSA) is 70.3 Å². The van der Waals surface area contributed by atoms with Crippen molar-refractivity contribution in [1.82, 2.24) is 19.7 Å². The molecule has 0 amide bonds. The Bertz CT molecular complexity index is 1320. The van der Waals surface area contributed by atoms with Crippen molar-refractivity contribution in [2.75, 3.05) is 0 Å². The molecule has 1 N–H and O–H groups in total. The van der Waals surface area contributed by atoms with Crippen LogP contribution in [0.25, 0.3) is 33.8 Å². The Kier molecular flexibility index (Phi) is 4.84. The van der Waals surface area contributed by atoms with Gasteiger partial charge < -0.3 is 4.98 Å². The van der Waals surface area contributed by atoms with Crippen LogP contribution >= 0.6 is 11.6 Å². The summed E-state index contributed by atoms with van der Waals surface area (Å²) in [5, 5.41) is 14.5. The highest BCUT2D eigenvalue weighted by molar-refractivity contribution is 6.30. The minimum Gasteiger partial charge on any atom is -0.346 e. The van der Waals surface area contributed by atoms with Gasteiger partial charge in [-0.3, -0.25) is 4.68 Å². The van der Waals surface area contributed by atoms with Crippen LogP contribution in [0.2, 0.25) is 5.02 Å². The van der Waals surface area contributed by atoms with Crippen LogP contribution in [0.3, 0.4) is 0 Å². The molecule has 0 saturated heterocycles. The Morgan fingerprint density at radius 3 is 2.70 bits per heavy atom. The van der Waals surface area contributed by atoms with E-state index in [0.29, 0.717) is 16.6 Å². The molecule has 30 heavy (non-hydrogen) atoms. The predicted octanol–water partition coefficient (Wildman–Crippen LogP) is 5.70. The summed E-state index contributed by atoms with van der Waals surface area (Å²) in [5.41, 5.74) is 1.37. The Balaban J connectivity index is 1.86. The van der Waals surface area contributed by atoms with Crippen molar-refractivity contribution >= 4 is 34.3 Å². The number of halogens is 4. The molecular weight excluding hydrogens is 415 g/mol. The van der Waals surface area contributed by atoms with E-state index in [1.54, 1.807) is 30.3 Å². The highest BCUT2D eigenvalue weighted by Crippen LogP contribution is 2.37. The average Bonchev–Trinajstić information content (AvgIpc) is 3.30. The smallest absolute Gasteiger partial charge is 0.346 e. The van der Waals surface area contributed by atoms with Gasteiger partial charge >= 0.3 is 6.18 Å². The van der Waals surface area contributed by atoms with E-state index in [4.69, 9.17) is 11.6 Å². The van der Waals surface area contributed by atoms with Crippen LogP contribution in [0.1, 0.15) is 16.7 Å². The number of nitrogens with one attached hydrogen (secondary N) is 1. The monoisotopic (exact) mass is 427 g/mol. The van der Waals surface area contributed by atoms with E-state index in [2.05, 4.69) is 15.1 Å². The zero-order valence-electron chi connectivity index (χ0n) is 15.5. The van der Waals surface area contributed by atoms with Gasteiger partial charge in [0.2, 0.25) is 0 Å². The molecule has 0 bridgehead atoms. The third-order valence-corrected chi connectivity index (χ3v) is 4.83. The number of nitrogens with zero attached hydrogens (tertiary/aromatic N) is 4. The second kappa shape index (κ2) is 7.35. The first-order valence-electron chi connectivity index (χ1n) is 8.71. The summed E-state index contributed by atoms with van der Waals surface area (Å²) in [6, 6.07) is 6.89. The number of hydrogen-bond donors (Lipinski definition) is 1. The standard InChI is InChI=1S/C21H13ClF3N5/c1-30-11-15(10-29-30)13-5-18-14(9-28-20(18)27-8-13)4-12(7-26)17-6-16(22)2-3-19(17)21(23,24)25/h2-6,8-11H,1H3,(H,27,28)/b12-4-. The fourth-order valence-electron chi connectivity index (χ4n) is 3.18. The molecule has 0 atom stereocenters. The molecule has 3 heterocycles. The lowest BCUT2D eigenvalue weighted by Gasteiger charge is -2.12. The number of aromatic amines is 1. The maximum Gasteiger partial charge on any atom is 0.417 e. The average molecular weight is 428 g/mol. The maximum absolute atomic E-state index is 13.4. The molecule has 0 aliphatic heterocycles. The Labute approximate surface area is 174 Å². The molecule has 4 aromatic rings. The highest BCUT2D eigenvalue weighted by Gasteiger charge is 2.34. The predicted molar refractivity (Wildman–Crippen MR) is 108 cm³/mol. The van der Waals surface area contributed by atoms with Crippen molar-refractivity contribution in [3.8, 4) is 17.2 Å². The van der Waals surface area contributed by atoms with E-state index in [1.807, 2.05) is 18.3 Å². The summed E-state index contributed by atoms with van der Waals surface area (Å²) in [5.74, 6) is 0. The lowest BCUT2D eigenvalue weighted by atomic mass is 9.98. The van der Waals surface area contributed by atoms with E-state index >= 15 is 0 Å². The summed E-state index contributed by atoms with van der Waals surface area (Å²) >= 11 is 5.91. The van der Waals surface area contributed by atoms with E-state index < -0.39 is 11.7 Å². The highest BCUT2D eigenvalue weighted by atomic mass is 35.5. The van der Waals surface area contributed by atoms with Gasteiger partial charge in [0.05, 0.1) is 23.4 Å². The van der Waals surface area contributed by atoms with Crippen molar-refractivity contribution < 1.29 is 13.2 Å². The summed E-state index contributed by atoms with van der Waals surface area (Å²) in [7, 11) is 1.79. The number of fused-ring (bicyclic) bond motifs is 1. The largest absolute Gasteiger partial charge is 0.417 e. The quantitative estimate of drug-likeness (QED) is 0.426. The van der Waals surface area contributed by atoms with Gasteiger partial charge in [-0.15, -0.1) is 0 Å². The molecule has 1 aromatic carbocycles. The summed E-state index contributed by atoms with van der Waals surface area (Å²) in [6.45, 7) is 0. The Morgan fingerprint density at radius 2 is 2.03 bits per heavy atom. The number of allylic oxidation sites excluding steroid dienone is 1. The van der Waals surface area contributed by atoms with Gasteiger partial charge in [-0.05, 0) is 30.3 Å². The molecule has 0 unspecified atom stereocenters. The minimum atomic E-state index is -4.62. The van der Waals surface area contributed by atoms with Crippen LogP contribution in [0.4, 0.5) is 13.2 Å². The number of H-pyrrole nitrogens is 1. The fraction of sp³-hybridized carbons (Fsp3) is 0.0952. The summed E-state index contributed by atoms with van der Waals surface area (Å²) in [4.78, 5) is 7.33. The number of pyridine rings is 1. The molecule has 0 saturated carbocycles. The fourth-order valence-corrected chi connectivity index (χ4v) is 3.36. The van der Waals surface area contributed by atoms with Crippen LogP contribution in [0.15, 0.2) is 49.1 Å². The third-order valence-electron chi connectivity index (χ3n) is 4.60. The normalized spacial score (nSPS) is 12.3. The third kappa shape index (κ3) is 3.67. The summed E-state index contributed by atoms with van der Waals surface area (Å²) in [6.07, 6.45) is 3.56. The second-order valence-electron chi connectivity index (χ2n) is 6.62. The van der Waals surface area contributed by atoms with Crippen molar-refractivity contribution in [1.29, 1.82) is 5.26 Å².